The summed E-state index contributed by atoms with van der Waals surface area (Å²) in [6, 6.07) is 0. The molecule has 2 nitrogen and oxygen atoms in total. The molecule has 22 heavy (non-hydrogen) atoms. The quantitative estimate of drug-likeness (QED) is 0.549. The Hall–Kier alpha value is -0.860. The van der Waals surface area contributed by atoms with Crippen LogP contribution in [0.15, 0.2) is 34.9 Å². The van der Waals surface area contributed by atoms with Crippen molar-refractivity contribution in [1.29, 1.82) is 0 Å². The van der Waals surface area contributed by atoms with Crippen LogP contribution in [0.1, 0.15) is 66.7 Å². The number of fused-ring (bicyclic) bond motifs is 1. The average molecular weight is 304 g/mol. The lowest BCUT2D eigenvalue weighted by Gasteiger charge is -2.19. The number of epoxide rings is 1. The van der Waals surface area contributed by atoms with Crippen molar-refractivity contribution in [3.63, 3.8) is 0 Å². The molecule has 2 rings (SSSR count). The third-order valence-corrected chi connectivity index (χ3v) is 5.10. The van der Waals surface area contributed by atoms with Crippen LogP contribution in [0, 0.1) is 5.92 Å². The largest absolute Gasteiger partial charge is 0.388 e. The molecule has 1 saturated heterocycles. The van der Waals surface area contributed by atoms with Crippen LogP contribution in [0.2, 0.25) is 0 Å². The predicted molar refractivity (Wildman–Crippen MR) is 92.8 cm³/mol. The standard InChI is InChI=1S/C20H32O2/c1-14(2)17-10-8-15(3)9-11-19-20(5,22-19)12-6-7-16(4)13-18(17)21/h7-8,10,14,18-19,21H,6,9,11-13H2,1-5H3. The first-order chi connectivity index (χ1) is 10.3. The van der Waals surface area contributed by atoms with Crippen LogP contribution in [0.3, 0.4) is 0 Å². The van der Waals surface area contributed by atoms with Crippen LogP contribution in [0.5, 0.6) is 0 Å². The lowest BCUT2D eigenvalue weighted by molar-refractivity contribution is 0.200. The minimum absolute atomic E-state index is 0.0821. The molecule has 1 N–H and O–H groups in total. The van der Waals surface area contributed by atoms with Gasteiger partial charge in [-0.1, -0.05) is 43.2 Å². The van der Waals surface area contributed by atoms with Gasteiger partial charge in [0.05, 0.1) is 17.8 Å². The fourth-order valence-corrected chi connectivity index (χ4v) is 3.36. The fourth-order valence-electron chi connectivity index (χ4n) is 3.36. The normalized spacial score (nSPS) is 34.2. The third kappa shape index (κ3) is 4.57. The molecule has 0 radical (unpaired) electrons. The Bertz CT molecular complexity index is 484. The van der Waals surface area contributed by atoms with Crippen LogP contribution in [-0.4, -0.2) is 22.9 Å². The second-order valence-corrected chi connectivity index (χ2v) is 7.60. The van der Waals surface area contributed by atoms with Gasteiger partial charge in [0, 0.05) is 0 Å². The highest BCUT2D eigenvalue weighted by Crippen LogP contribution is 2.43. The summed E-state index contributed by atoms with van der Waals surface area (Å²) in [6.07, 6.45) is 11.7. The molecule has 0 amide bonds. The molecule has 2 aliphatic rings. The first-order valence-electron chi connectivity index (χ1n) is 8.70. The van der Waals surface area contributed by atoms with E-state index < -0.39 is 0 Å². The second kappa shape index (κ2) is 7.14. The highest BCUT2D eigenvalue weighted by atomic mass is 16.6. The number of hydrogen-bond acceptors (Lipinski definition) is 2. The van der Waals surface area contributed by atoms with Crippen molar-refractivity contribution in [3.8, 4) is 0 Å². The monoisotopic (exact) mass is 304 g/mol. The maximum absolute atomic E-state index is 10.6. The molecule has 2 heteroatoms. The van der Waals surface area contributed by atoms with Crippen LogP contribution in [-0.2, 0) is 4.74 Å². The third-order valence-electron chi connectivity index (χ3n) is 5.10. The van der Waals surface area contributed by atoms with Gasteiger partial charge in [0.25, 0.3) is 0 Å². The van der Waals surface area contributed by atoms with E-state index in [1.54, 1.807) is 0 Å². The molecule has 0 saturated carbocycles. The molecule has 3 unspecified atom stereocenters. The molecule has 0 aromatic carbocycles. The van der Waals surface area contributed by atoms with E-state index in [1.807, 2.05) is 0 Å². The van der Waals surface area contributed by atoms with Crippen molar-refractivity contribution in [1.82, 2.24) is 0 Å². The lowest BCUT2D eigenvalue weighted by atomic mass is 9.91. The van der Waals surface area contributed by atoms with Gasteiger partial charge in [0.2, 0.25) is 0 Å². The summed E-state index contributed by atoms with van der Waals surface area (Å²) < 4.78 is 5.92. The van der Waals surface area contributed by atoms with E-state index in [4.69, 9.17) is 4.74 Å². The molecule has 0 aromatic heterocycles. The topological polar surface area (TPSA) is 32.8 Å². The highest BCUT2D eigenvalue weighted by Gasteiger charge is 2.50. The zero-order valence-electron chi connectivity index (χ0n) is 14.9. The van der Waals surface area contributed by atoms with E-state index in [0.717, 1.165) is 37.7 Å². The number of rotatable bonds is 1. The second-order valence-electron chi connectivity index (χ2n) is 7.60. The minimum atomic E-state index is -0.372. The summed E-state index contributed by atoms with van der Waals surface area (Å²) in [7, 11) is 0. The van der Waals surface area contributed by atoms with E-state index in [0.29, 0.717) is 12.0 Å². The van der Waals surface area contributed by atoms with Gasteiger partial charge in [-0.05, 0) is 64.4 Å². The number of allylic oxidation sites excluding steroid dienone is 4. The SMILES string of the molecule is CC1=CC=C(C(C)C)C(O)CC(C)=CCCC2(C)OC2CC1. The van der Waals surface area contributed by atoms with Crippen LogP contribution in [0.25, 0.3) is 0 Å². The molecule has 124 valence electrons. The van der Waals surface area contributed by atoms with Gasteiger partial charge in [0.15, 0.2) is 0 Å². The Morgan fingerprint density at radius 2 is 1.95 bits per heavy atom. The van der Waals surface area contributed by atoms with Crippen molar-refractivity contribution >= 4 is 0 Å². The molecule has 1 aliphatic carbocycles. The number of hydrogen-bond donors (Lipinski definition) is 1. The van der Waals surface area contributed by atoms with Gasteiger partial charge >= 0.3 is 0 Å². The zero-order valence-corrected chi connectivity index (χ0v) is 14.9. The summed E-state index contributed by atoms with van der Waals surface area (Å²) in [6.45, 7) is 10.9. The van der Waals surface area contributed by atoms with Crippen LogP contribution < -0.4 is 0 Å². The van der Waals surface area contributed by atoms with E-state index >= 15 is 0 Å². The van der Waals surface area contributed by atoms with Gasteiger partial charge < -0.3 is 9.84 Å². The molecule has 1 heterocycles. The molecule has 0 bridgehead atoms. The lowest BCUT2D eigenvalue weighted by Crippen LogP contribution is -2.15. The molecule has 0 aromatic rings. The maximum Gasteiger partial charge on any atom is 0.0923 e. The van der Waals surface area contributed by atoms with Gasteiger partial charge in [-0.25, -0.2) is 0 Å². The Morgan fingerprint density at radius 3 is 2.64 bits per heavy atom. The molecule has 0 spiro atoms. The van der Waals surface area contributed by atoms with E-state index in [1.165, 1.54) is 11.1 Å². The van der Waals surface area contributed by atoms with Gasteiger partial charge in [-0.3, -0.25) is 0 Å². The van der Waals surface area contributed by atoms with Crippen LogP contribution >= 0.6 is 0 Å². The van der Waals surface area contributed by atoms with Crippen molar-refractivity contribution in [2.45, 2.75) is 84.5 Å². The Balaban J connectivity index is 2.19. The summed E-state index contributed by atoms with van der Waals surface area (Å²) in [4.78, 5) is 0. The first-order valence-corrected chi connectivity index (χ1v) is 8.70. The average Bonchev–Trinajstić information content (AvgIpc) is 3.06. The predicted octanol–water partition coefficient (Wildman–Crippen LogP) is 4.94. The smallest absolute Gasteiger partial charge is 0.0923 e. The van der Waals surface area contributed by atoms with E-state index in [-0.39, 0.29) is 11.7 Å². The van der Waals surface area contributed by atoms with Crippen molar-refractivity contribution in [2.24, 2.45) is 5.92 Å². The van der Waals surface area contributed by atoms with Gasteiger partial charge in [-0.2, -0.15) is 0 Å². The summed E-state index contributed by atoms with van der Waals surface area (Å²) in [5.74, 6) is 0.370. The number of aliphatic hydroxyl groups excluding tert-OH is 1. The van der Waals surface area contributed by atoms with Gasteiger partial charge in [0.1, 0.15) is 0 Å². The minimum Gasteiger partial charge on any atom is -0.388 e. The summed E-state index contributed by atoms with van der Waals surface area (Å²) >= 11 is 0. The van der Waals surface area contributed by atoms with Crippen molar-refractivity contribution < 1.29 is 9.84 Å². The first kappa shape index (κ1) is 17.5. The van der Waals surface area contributed by atoms with Gasteiger partial charge in [-0.15, -0.1) is 0 Å². The number of aliphatic hydroxyl groups is 1. The highest BCUT2D eigenvalue weighted by molar-refractivity contribution is 5.23. The van der Waals surface area contributed by atoms with E-state index in [2.05, 4.69) is 52.8 Å². The molecular weight excluding hydrogens is 272 g/mol. The molecular formula is C20H32O2. The summed E-state index contributed by atoms with van der Waals surface area (Å²) in [5, 5.41) is 10.6. The molecule has 3 atom stereocenters. The van der Waals surface area contributed by atoms with E-state index in [9.17, 15) is 5.11 Å². The Kier molecular flexibility index (Phi) is 5.68. The van der Waals surface area contributed by atoms with Crippen molar-refractivity contribution in [2.75, 3.05) is 0 Å². The zero-order chi connectivity index (χ0) is 16.3. The summed E-state index contributed by atoms with van der Waals surface area (Å²) in [5.41, 5.74) is 3.86. The molecule has 1 fully saturated rings. The Labute approximate surface area is 136 Å². The maximum atomic E-state index is 10.6. The van der Waals surface area contributed by atoms with Crippen LogP contribution in [0.4, 0.5) is 0 Å². The fraction of sp³-hybridized carbons (Fsp3) is 0.700. The number of ether oxygens (including phenoxy) is 1. The molecule has 1 aliphatic heterocycles. The Morgan fingerprint density at radius 1 is 1.23 bits per heavy atom. The van der Waals surface area contributed by atoms with Crippen molar-refractivity contribution in [3.05, 3.63) is 34.9 Å².